The van der Waals surface area contributed by atoms with E-state index in [1.807, 2.05) is 50.2 Å². The van der Waals surface area contributed by atoms with E-state index in [1.54, 1.807) is 7.11 Å². The zero-order valence-electron chi connectivity index (χ0n) is 14.5. The molecule has 2 aromatic carbocycles. The first-order valence-corrected chi connectivity index (χ1v) is 8.04. The number of nitrogens with one attached hydrogen (secondary N) is 1. The molecule has 2 N–H and O–H groups in total. The highest BCUT2D eigenvalue weighted by atomic mass is 16.5. The van der Waals surface area contributed by atoms with E-state index in [1.165, 1.54) is 0 Å². The molecule has 0 bridgehead atoms. The predicted molar refractivity (Wildman–Crippen MR) is 97.9 cm³/mol. The maximum absolute atomic E-state index is 8.88. The topological polar surface area (TPSA) is 76.5 Å². The second-order valence-corrected chi connectivity index (χ2v) is 5.68. The van der Waals surface area contributed by atoms with Gasteiger partial charge in [0.25, 0.3) is 0 Å². The van der Waals surface area contributed by atoms with Gasteiger partial charge in [-0.05, 0) is 55.8 Å². The summed E-state index contributed by atoms with van der Waals surface area (Å²) in [6.45, 7) is 4.10. The minimum atomic E-state index is -0.00647. The van der Waals surface area contributed by atoms with Gasteiger partial charge in [0.2, 0.25) is 0 Å². The number of aryl methyl sites for hydroxylation is 2. The molecule has 3 aromatic rings. The van der Waals surface area contributed by atoms with E-state index >= 15 is 0 Å². The van der Waals surface area contributed by atoms with Crippen LogP contribution in [0.15, 0.2) is 36.4 Å². The molecule has 0 saturated heterocycles. The van der Waals surface area contributed by atoms with Crippen molar-refractivity contribution in [3.8, 4) is 11.5 Å². The first kappa shape index (κ1) is 17.0. The second-order valence-electron chi connectivity index (χ2n) is 5.68. The fourth-order valence-electron chi connectivity index (χ4n) is 2.63. The molecule has 1 heterocycles. The molecule has 0 spiro atoms. The van der Waals surface area contributed by atoms with Crippen molar-refractivity contribution in [3.63, 3.8) is 0 Å². The Morgan fingerprint density at radius 2 is 1.92 bits per heavy atom. The van der Waals surface area contributed by atoms with Gasteiger partial charge in [-0.2, -0.15) is 0 Å². The highest BCUT2D eigenvalue weighted by Crippen LogP contribution is 2.29. The smallest absolute Gasteiger partial charge is 0.142 e. The number of methoxy groups -OCH3 is 1. The molecular formula is C19H21N3O3. The SMILES string of the molecule is COc1ccc2nc(C)nc(Nc3ccc(OCCO)c(C)c3)c2c1. The summed E-state index contributed by atoms with van der Waals surface area (Å²) >= 11 is 0. The van der Waals surface area contributed by atoms with Crippen molar-refractivity contribution in [1.82, 2.24) is 9.97 Å². The number of aliphatic hydroxyl groups excluding tert-OH is 1. The molecule has 0 unspecified atom stereocenters. The van der Waals surface area contributed by atoms with Crippen LogP contribution in [-0.2, 0) is 0 Å². The van der Waals surface area contributed by atoms with E-state index < -0.39 is 0 Å². The van der Waals surface area contributed by atoms with Crippen LogP contribution < -0.4 is 14.8 Å². The Morgan fingerprint density at radius 3 is 2.64 bits per heavy atom. The van der Waals surface area contributed by atoms with Crippen LogP contribution in [0, 0.1) is 13.8 Å². The number of hydrogen-bond acceptors (Lipinski definition) is 6. The Bertz CT molecular complexity index is 896. The molecule has 0 atom stereocenters. The molecule has 130 valence electrons. The van der Waals surface area contributed by atoms with E-state index in [9.17, 15) is 0 Å². The quantitative estimate of drug-likeness (QED) is 0.717. The molecule has 0 amide bonds. The Morgan fingerprint density at radius 1 is 1.08 bits per heavy atom. The fourth-order valence-corrected chi connectivity index (χ4v) is 2.63. The third-order valence-corrected chi connectivity index (χ3v) is 3.80. The van der Waals surface area contributed by atoms with Crippen molar-refractivity contribution in [2.75, 3.05) is 25.6 Å². The monoisotopic (exact) mass is 339 g/mol. The van der Waals surface area contributed by atoms with E-state index in [0.717, 1.165) is 39.5 Å². The van der Waals surface area contributed by atoms with E-state index in [0.29, 0.717) is 5.82 Å². The number of hydrogen-bond donors (Lipinski definition) is 2. The first-order valence-electron chi connectivity index (χ1n) is 8.04. The van der Waals surface area contributed by atoms with Crippen LogP contribution in [0.4, 0.5) is 11.5 Å². The number of aliphatic hydroxyl groups is 1. The molecule has 0 fully saturated rings. The number of ether oxygens (including phenoxy) is 2. The van der Waals surface area contributed by atoms with Crippen molar-refractivity contribution in [2.45, 2.75) is 13.8 Å². The number of fused-ring (bicyclic) bond motifs is 1. The van der Waals surface area contributed by atoms with Gasteiger partial charge in [-0.25, -0.2) is 9.97 Å². The number of rotatable bonds is 6. The summed E-state index contributed by atoms with van der Waals surface area (Å²) in [4.78, 5) is 9.00. The minimum Gasteiger partial charge on any atom is -0.497 e. The number of aromatic nitrogens is 2. The van der Waals surface area contributed by atoms with Gasteiger partial charge in [-0.1, -0.05) is 0 Å². The average Bonchev–Trinajstić information content (AvgIpc) is 2.60. The van der Waals surface area contributed by atoms with Crippen molar-refractivity contribution in [2.24, 2.45) is 0 Å². The molecule has 1 aromatic heterocycles. The maximum atomic E-state index is 8.88. The van der Waals surface area contributed by atoms with Gasteiger partial charge in [0, 0.05) is 11.1 Å². The van der Waals surface area contributed by atoms with Crippen LogP contribution in [0.25, 0.3) is 10.9 Å². The third kappa shape index (κ3) is 3.80. The molecule has 0 saturated carbocycles. The number of anilines is 2. The van der Waals surface area contributed by atoms with Crippen LogP contribution in [0.2, 0.25) is 0 Å². The van der Waals surface area contributed by atoms with Crippen molar-refractivity contribution < 1.29 is 14.6 Å². The van der Waals surface area contributed by atoms with E-state index in [4.69, 9.17) is 14.6 Å². The Balaban J connectivity index is 1.95. The van der Waals surface area contributed by atoms with E-state index in [-0.39, 0.29) is 13.2 Å². The zero-order valence-corrected chi connectivity index (χ0v) is 14.5. The normalized spacial score (nSPS) is 10.7. The predicted octanol–water partition coefficient (Wildman–Crippen LogP) is 3.37. The van der Waals surface area contributed by atoms with Gasteiger partial charge < -0.3 is 19.9 Å². The van der Waals surface area contributed by atoms with Crippen molar-refractivity contribution in [3.05, 3.63) is 47.8 Å². The Kier molecular flexibility index (Phi) is 5.00. The highest BCUT2D eigenvalue weighted by Gasteiger charge is 2.09. The molecule has 6 heteroatoms. The molecule has 25 heavy (non-hydrogen) atoms. The molecule has 6 nitrogen and oxygen atoms in total. The van der Waals surface area contributed by atoms with Gasteiger partial charge in [-0.3, -0.25) is 0 Å². The van der Waals surface area contributed by atoms with Gasteiger partial charge >= 0.3 is 0 Å². The van der Waals surface area contributed by atoms with Crippen LogP contribution in [0.3, 0.4) is 0 Å². The van der Waals surface area contributed by atoms with Gasteiger partial charge in [0.05, 0.1) is 19.2 Å². The third-order valence-electron chi connectivity index (χ3n) is 3.80. The fraction of sp³-hybridized carbons (Fsp3) is 0.263. The molecule has 3 rings (SSSR count). The summed E-state index contributed by atoms with van der Waals surface area (Å²) < 4.78 is 10.8. The summed E-state index contributed by atoms with van der Waals surface area (Å²) in [5, 5.41) is 13.1. The Hall–Kier alpha value is -2.86. The lowest BCUT2D eigenvalue weighted by molar-refractivity contribution is 0.200. The largest absolute Gasteiger partial charge is 0.497 e. The highest BCUT2D eigenvalue weighted by molar-refractivity contribution is 5.92. The molecule has 0 aliphatic rings. The zero-order chi connectivity index (χ0) is 17.8. The van der Waals surface area contributed by atoms with Gasteiger partial charge in [0.1, 0.15) is 29.7 Å². The number of benzene rings is 2. The summed E-state index contributed by atoms with van der Waals surface area (Å²) in [6.07, 6.45) is 0. The van der Waals surface area contributed by atoms with Crippen LogP contribution in [-0.4, -0.2) is 35.4 Å². The van der Waals surface area contributed by atoms with E-state index in [2.05, 4.69) is 15.3 Å². The lowest BCUT2D eigenvalue weighted by Crippen LogP contribution is -2.03. The van der Waals surface area contributed by atoms with Crippen molar-refractivity contribution >= 4 is 22.4 Å². The standard InChI is InChI=1S/C19H21N3O3/c1-12-10-14(4-7-18(12)25-9-8-23)22-19-16-11-15(24-3)5-6-17(16)20-13(2)21-19/h4-7,10-11,23H,8-9H2,1-3H3,(H,20,21,22). The summed E-state index contributed by atoms with van der Waals surface area (Å²) in [5.74, 6) is 2.93. The number of nitrogens with zero attached hydrogens (tertiary/aromatic N) is 2. The van der Waals surface area contributed by atoms with Crippen LogP contribution in [0.1, 0.15) is 11.4 Å². The van der Waals surface area contributed by atoms with Crippen LogP contribution >= 0.6 is 0 Å². The second kappa shape index (κ2) is 7.36. The minimum absolute atomic E-state index is 0.00647. The molecule has 0 aliphatic carbocycles. The van der Waals surface area contributed by atoms with Crippen LogP contribution in [0.5, 0.6) is 11.5 Å². The summed E-state index contributed by atoms with van der Waals surface area (Å²) in [5.41, 5.74) is 2.73. The summed E-state index contributed by atoms with van der Waals surface area (Å²) in [7, 11) is 1.64. The van der Waals surface area contributed by atoms with Gasteiger partial charge in [0.15, 0.2) is 0 Å². The average molecular weight is 339 g/mol. The molecule has 0 radical (unpaired) electrons. The Labute approximate surface area is 146 Å². The summed E-state index contributed by atoms with van der Waals surface area (Å²) in [6, 6.07) is 11.5. The molecular weight excluding hydrogens is 318 g/mol. The van der Waals surface area contributed by atoms with Gasteiger partial charge in [-0.15, -0.1) is 0 Å². The first-order chi connectivity index (χ1) is 12.1. The maximum Gasteiger partial charge on any atom is 0.142 e. The lowest BCUT2D eigenvalue weighted by Gasteiger charge is -2.13. The lowest BCUT2D eigenvalue weighted by atomic mass is 10.2. The van der Waals surface area contributed by atoms with Crippen molar-refractivity contribution in [1.29, 1.82) is 0 Å². The molecule has 0 aliphatic heterocycles.